The number of morpholine rings is 1. The summed E-state index contributed by atoms with van der Waals surface area (Å²) in [5, 5.41) is 11.7. The van der Waals surface area contributed by atoms with Crippen molar-refractivity contribution < 1.29 is 27.9 Å². The zero-order chi connectivity index (χ0) is 26.7. The van der Waals surface area contributed by atoms with Crippen molar-refractivity contribution in [2.75, 3.05) is 53.5 Å². The molecular formula is C26H30ClN3O6S. The van der Waals surface area contributed by atoms with E-state index in [2.05, 4.69) is 4.90 Å². The van der Waals surface area contributed by atoms with Crippen LogP contribution in [0.5, 0.6) is 0 Å². The van der Waals surface area contributed by atoms with E-state index in [1.54, 1.807) is 24.3 Å². The van der Waals surface area contributed by atoms with Crippen molar-refractivity contribution in [3.05, 3.63) is 70.3 Å². The first-order valence-corrected chi connectivity index (χ1v) is 13.8. The number of aliphatic hydroxyl groups is 1. The van der Waals surface area contributed by atoms with Crippen LogP contribution in [0.2, 0.25) is 5.02 Å². The summed E-state index contributed by atoms with van der Waals surface area (Å²) in [6.07, 6.45) is 0.647. The third-order valence-electron chi connectivity index (χ3n) is 6.61. The van der Waals surface area contributed by atoms with Crippen LogP contribution in [-0.4, -0.2) is 92.8 Å². The first-order valence-electron chi connectivity index (χ1n) is 12.0. The van der Waals surface area contributed by atoms with Crippen LogP contribution >= 0.6 is 11.6 Å². The van der Waals surface area contributed by atoms with E-state index in [1.165, 1.54) is 43.3 Å². The SMILES string of the molecule is CN(C)S(=O)(=O)c1ccc(C(O)=C2C(=O)C(=O)N(CCCN3CCOCC3)[C@@H]2c2ccc(Cl)cc2)cc1. The molecule has 0 radical (unpaired) electrons. The number of rotatable bonds is 8. The first-order chi connectivity index (χ1) is 17.6. The van der Waals surface area contributed by atoms with Gasteiger partial charge in [-0.15, -0.1) is 0 Å². The average Bonchev–Trinajstić information content (AvgIpc) is 3.14. The van der Waals surface area contributed by atoms with Crippen LogP contribution < -0.4 is 0 Å². The van der Waals surface area contributed by atoms with Gasteiger partial charge in [-0.2, -0.15) is 0 Å². The maximum atomic E-state index is 13.2. The molecule has 1 amide bonds. The molecule has 0 aliphatic carbocycles. The first kappa shape index (κ1) is 27.3. The summed E-state index contributed by atoms with van der Waals surface area (Å²) < 4.78 is 31.3. The van der Waals surface area contributed by atoms with E-state index >= 15 is 0 Å². The lowest BCUT2D eigenvalue weighted by molar-refractivity contribution is -0.140. The Morgan fingerprint density at radius 3 is 2.24 bits per heavy atom. The van der Waals surface area contributed by atoms with E-state index in [0.717, 1.165) is 23.9 Å². The van der Waals surface area contributed by atoms with Gasteiger partial charge in [0.1, 0.15) is 5.76 Å². The number of hydrogen-bond donors (Lipinski definition) is 1. The van der Waals surface area contributed by atoms with Gasteiger partial charge in [-0.3, -0.25) is 14.5 Å². The zero-order valence-electron chi connectivity index (χ0n) is 20.8. The van der Waals surface area contributed by atoms with E-state index in [9.17, 15) is 23.1 Å². The number of amides is 1. The number of ketones is 1. The van der Waals surface area contributed by atoms with E-state index in [0.29, 0.717) is 36.8 Å². The highest BCUT2D eigenvalue weighted by molar-refractivity contribution is 7.89. The monoisotopic (exact) mass is 547 g/mol. The zero-order valence-corrected chi connectivity index (χ0v) is 22.3. The Morgan fingerprint density at radius 1 is 1.03 bits per heavy atom. The van der Waals surface area contributed by atoms with Gasteiger partial charge in [-0.1, -0.05) is 23.7 Å². The largest absolute Gasteiger partial charge is 0.507 e. The lowest BCUT2D eigenvalue weighted by atomic mass is 9.95. The molecule has 4 rings (SSSR count). The number of Topliss-reactive ketones (excluding diaryl/α,β-unsaturated/α-hetero) is 1. The van der Waals surface area contributed by atoms with Crippen molar-refractivity contribution in [3.8, 4) is 0 Å². The van der Waals surface area contributed by atoms with E-state index < -0.39 is 27.8 Å². The summed E-state index contributed by atoms with van der Waals surface area (Å²) in [6, 6.07) is 11.6. The minimum atomic E-state index is -3.66. The van der Waals surface area contributed by atoms with Crippen LogP contribution in [-0.2, 0) is 24.3 Å². The molecule has 2 aromatic rings. The van der Waals surface area contributed by atoms with E-state index in [1.807, 2.05) is 0 Å². The number of sulfonamides is 1. The average molecular weight is 548 g/mol. The van der Waals surface area contributed by atoms with Gasteiger partial charge in [-0.05, 0) is 48.4 Å². The molecule has 1 atom stereocenters. The summed E-state index contributed by atoms with van der Waals surface area (Å²) in [5.41, 5.74) is 0.841. The maximum absolute atomic E-state index is 13.2. The third-order valence-corrected chi connectivity index (χ3v) is 8.69. The number of ether oxygens (including phenoxy) is 1. The normalized spacial score (nSPS) is 20.6. The summed E-state index contributed by atoms with van der Waals surface area (Å²) >= 11 is 6.07. The smallest absolute Gasteiger partial charge is 0.295 e. The molecular weight excluding hydrogens is 518 g/mol. The number of halogens is 1. The number of hydrogen-bond acceptors (Lipinski definition) is 7. The van der Waals surface area contributed by atoms with Crippen LogP contribution in [0.4, 0.5) is 0 Å². The van der Waals surface area contributed by atoms with Gasteiger partial charge in [0.15, 0.2) is 0 Å². The van der Waals surface area contributed by atoms with Gasteiger partial charge in [0.2, 0.25) is 10.0 Å². The fraction of sp³-hybridized carbons (Fsp3) is 0.385. The van der Waals surface area contributed by atoms with Crippen molar-refractivity contribution in [2.45, 2.75) is 17.4 Å². The van der Waals surface area contributed by atoms with E-state index in [-0.39, 0.29) is 21.8 Å². The van der Waals surface area contributed by atoms with Crippen LogP contribution in [0.25, 0.3) is 5.76 Å². The molecule has 2 fully saturated rings. The number of nitrogens with zero attached hydrogens (tertiary/aromatic N) is 3. The molecule has 11 heteroatoms. The van der Waals surface area contributed by atoms with Crippen molar-refractivity contribution in [1.29, 1.82) is 0 Å². The molecule has 2 saturated heterocycles. The Morgan fingerprint density at radius 2 is 1.65 bits per heavy atom. The molecule has 0 aromatic heterocycles. The molecule has 0 unspecified atom stereocenters. The Bertz CT molecular complexity index is 1290. The molecule has 198 valence electrons. The third kappa shape index (κ3) is 5.73. The lowest BCUT2D eigenvalue weighted by Crippen LogP contribution is -2.38. The molecule has 1 N–H and O–H groups in total. The molecule has 0 spiro atoms. The standard InChI is InChI=1S/C26H30ClN3O6S/c1-28(2)37(34,35)21-10-6-19(7-11-21)24(31)22-23(18-4-8-20(27)9-5-18)30(26(33)25(22)32)13-3-12-29-14-16-36-17-15-29/h4-11,23,31H,3,12-17H2,1-2H3/t23-/m1/s1. The number of aliphatic hydroxyl groups excluding tert-OH is 1. The predicted octanol–water partition coefficient (Wildman–Crippen LogP) is 2.73. The summed E-state index contributed by atoms with van der Waals surface area (Å²) in [5.74, 6) is -1.83. The van der Waals surface area contributed by atoms with Crippen molar-refractivity contribution >= 4 is 39.1 Å². The van der Waals surface area contributed by atoms with Gasteiger partial charge < -0.3 is 14.7 Å². The summed E-state index contributed by atoms with van der Waals surface area (Å²) in [6.45, 7) is 4.05. The van der Waals surface area contributed by atoms with Gasteiger partial charge >= 0.3 is 0 Å². The Kier molecular flexibility index (Phi) is 8.35. The molecule has 0 bridgehead atoms. The number of carbonyl (C=O) groups excluding carboxylic acids is 2. The minimum absolute atomic E-state index is 0.0399. The maximum Gasteiger partial charge on any atom is 0.295 e. The van der Waals surface area contributed by atoms with Crippen LogP contribution in [0.3, 0.4) is 0 Å². The van der Waals surface area contributed by atoms with Gasteiger partial charge in [-0.25, -0.2) is 12.7 Å². The van der Waals surface area contributed by atoms with E-state index in [4.69, 9.17) is 16.3 Å². The number of carbonyl (C=O) groups is 2. The van der Waals surface area contributed by atoms with Gasteiger partial charge in [0, 0.05) is 50.9 Å². The minimum Gasteiger partial charge on any atom is -0.507 e. The highest BCUT2D eigenvalue weighted by atomic mass is 35.5. The highest BCUT2D eigenvalue weighted by Crippen LogP contribution is 2.40. The van der Waals surface area contributed by atoms with Crippen LogP contribution in [0.1, 0.15) is 23.6 Å². The second-order valence-electron chi connectivity index (χ2n) is 9.16. The molecule has 2 heterocycles. The Hall–Kier alpha value is -2.76. The van der Waals surface area contributed by atoms with Crippen molar-refractivity contribution in [1.82, 2.24) is 14.1 Å². The fourth-order valence-electron chi connectivity index (χ4n) is 4.54. The molecule has 9 nitrogen and oxygen atoms in total. The topological polar surface area (TPSA) is 107 Å². The molecule has 2 aromatic carbocycles. The number of benzene rings is 2. The lowest BCUT2D eigenvalue weighted by Gasteiger charge is -2.29. The van der Waals surface area contributed by atoms with Gasteiger partial charge in [0.05, 0.1) is 29.7 Å². The van der Waals surface area contributed by atoms with Gasteiger partial charge in [0.25, 0.3) is 11.7 Å². The van der Waals surface area contributed by atoms with Crippen molar-refractivity contribution in [2.24, 2.45) is 0 Å². The summed E-state index contributed by atoms with van der Waals surface area (Å²) in [4.78, 5) is 30.1. The molecule has 0 saturated carbocycles. The predicted molar refractivity (Wildman–Crippen MR) is 140 cm³/mol. The second-order valence-corrected chi connectivity index (χ2v) is 11.8. The molecule has 2 aliphatic rings. The Labute approximate surface area is 221 Å². The fourth-order valence-corrected chi connectivity index (χ4v) is 5.57. The number of likely N-dealkylation sites (tertiary alicyclic amines) is 1. The summed E-state index contributed by atoms with van der Waals surface area (Å²) in [7, 11) is -0.809. The quantitative estimate of drug-likeness (QED) is 0.307. The highest BCUT2D eigenvalue weighted by Gasteiger charge is 2.45. The van der Waals surface area contributed by atoms with Crippen molar-refractivity contribution in [3.63, 3.8) is 0 Å². The Balaban J connectivity index is 1.68. The van der Waals surface area contributed by atoms with Crippen LogP contribution in [0, 0.1) is 0 Å². The molecule has 2 aliphatic heterocycles. The second kappa shape index (κ2) is 11.3. The van der Waals surface area contributed by atoms with Crippen LogP contribution in [0.15, 0.2) is 59.0 Å². The molecule has 37 heavy (non-hydrogen) atoms.